The fraction of sp³-hybridized carbons (Fsp3) is 0.188. The van der Waals surface area contributed by atoms with E-state index in [0.29, 0.717) is 5.96 Å². The van der Waals surface area contributed by atoms with E-state index in [9.17, 15) is 0 Å². The Bertz CT molecular complexity index is 520. The number of nitrogens with one attached hydrogen (secondary N) is 1. The van der Waals surface area contributed by atoms with Gasteiger partial charge < -0.3 is 11.1 Å². The fourth-order valence-corrected chi connectivity index (χ4v) is 1.94. The number of anilines is 1. The van der Waals surface area contributed by atoms with Crippen molar-refractivity contribution in [3.05, 3.63) is 66.2 Å². The number of guanidine groups is 1. The molecule has 0 radical (unpaired) electrons. The minimum absolute atomic E-state index is 0.151. The molecule has 0 spiro atoms. The second-order valence-electron chi connectivity index (χ2n) is 4.54. The van der Waals surface area contributed by atoms with Crippen LogP contribution in [0.1, 0.15) is 12.5 Å². The number of nitrogens with zero attached hydrogens (tertiary/aromatic N) is 1. The van der Waals surface area contributed by atoms with Gasteiger partial charge in [0, 0.05) is 5.69 Å². The Morgan fingerprint density at radius 1 is 1.05 bits per heavy atom. The zero-order valence-corrected chi connectivity index (χ0v) is 11.1. The first-order valence-corrected chi connectivity index (χ1v) is 6.43. The summed E-state index contributed by atoms with van der Waals surface area (Å²) in [6.45, 7) is 2.06. The molecule has 0 amide bonds. The smallest absolute Gasteiger partial charge is 0.193 e. The van der Waals surface area contributed by atoms with Gasteiger partial charge in [-0.2, -0.15) is 0 Å². The van der Waals surface area contributed by atoms with E-state index < -0.39 is 0 Å². The molecule has 19 heavy (non-hydrogen) atoms. The van der Waals surface area contributed by atoms with Crippen LogP contribution in [0.2, 0.25) is 0 Å². The Balaban J connectivity index is 1.93. The minimum atomic E-state index is 0.151. The van der Waals surface area contributed by atoms with E-state index in [4.69, 9.17) is 5.73 Å². The van der Waals surface area contributed by atoms with Crippen LogP contribution in [-0.2, 0) is 6.42 Å². The van der Waals surface area contributed by atoms with Crippen LogP contribution in [0.15, 0.2) is 65.7 Å². The van der Waals surface area contributed by atoms with Gasteiger partial charge in [-0.25, -0.2) is 4.99 Å². The van der Waals surface area contributed by atoms with Gasteiger partial charge in [-0.05, 0) is 31.0 Å². The van der Waals surface area contributed by atoms with Crippen molar-refractivity contribution >= 4 is 11.6 Å². The van der Waals surface area contributed by atoms with Crippen LogP contribution in [0.4, 0.5) is 5.69 Å². The third kappa shape index (κ3) is 4.47. The quantitative estimate of drug-likeness (QED) is 0.650. The number of para-hydroxylation sites is 1. The Labute approximate surface area is 114 Å². The standard InChI is InChI=1S/C16H19N3/c1-13(12-14-8-4-2-5-9-14)18-16(17)19-15-10-6-3-7-11-15/h2-11,13H,12H2,1H3,(H3,17,18,19). The van der Waals surface area contributed by atoms with Crippen LogP contribution in [0.5, 0.6) is 0 Å². The summed E-state index contributed by atoms with van der Waals surface area (Å²) in [5.74, 6) is 0.453. The van der Waals surface area contributed by atoms with Gasteiger partial charge in [0.2, 0.25) is 0 Å². The molecule has 0 fully saturated rings. The first kappa shape index (κ1) is 13.1. The molecule has 0 heterocycles. The molecule has 1 atom stereocenters. The van der Waals surface area contributed by atoms with Crippen LogP contribution in [0, 0.1) is 0 Å². The second-order valence-corrected chi connectivity index (χ2v) is 4.54. The topological polar surface area (TPSA) is 50.4 Å². The zero-order valence-electron chi connectivity index (χ0n) is 11.1. The van der Waals surface area contributed by atoms with E-state index >= 15 is 0 Å². The van der Waals surface area contributed by atoms with Crippen LogP contribution in [0.3, 0.4) is 0 Å². The third-order valence-corrected chi connectivity index (χ3v) is 2.78. The Morgan fingerprint density at radius 3 is 2.26 bits per heavy atom. The highest BCUT2D eigenvalue weighted by Gasteiger charge is 2.02. The number of hydrogen-bond acceptors (Lipinski definition) is 1. The van der Waals surface area contributed by atoms with Gasteiger partial charge in [0.15, 0.2) is 5.96 Å². The number of benzene rings is 2. The summed E-state index contributed by atoms with van der Waals surface area (Å²) < 4.78 is 0. The van der Waals surface area contributed by atoms with Crippen molar-refractivity contribution in [3.8, 4) is 0 Å². The second kappa shape index (κ2) is 6.59. The van der Waals surface area contributed by atoms with Crippen molar-refractivity contribution in [3.63, 3.8) is 0 Å². The number of hydrogen-bond donors (Lipinski definition) is 2. The van der Waals surface area contributed by atoms with Gasteiger partial charge in [0.05, 0.1) is 6.04 Å². The number of nitrogens with two attached hydrogens (primary N) is 1. The average Bonchev–Trinajstić information content (AvgIpc) is 2.40. The molecular formula is C16H19N3. The van der Waals surface area contributed by atoms with Gasteiger partial charge >= 0.3 is 0 Å². The number of rotatable bonds is 4. The summed E-state index contributed by atoms with van der Waals surface area (Å²) in [4.78, 5) is 4.45. The molecule has 1 unspecified atom stereocenters. The lowest BCUT2D eigenvalue weighted by Crippen LogP contribution is -2.25. The molecule has 2 aromatic rings. The van der Waals surface area contributed by atoms with Crippen molar-refractivity contribution in [1.82, 2.24) is 0 Å². The monoisotopic (exact) mass is 253 g/mol. The molecule has 3 nitrogen and oxygen atoms in total. The Hall–Kier alpha value is -2.29. The first-order chi connectivity index (χ1) is 9.24. The van der Waals surface area contributed by atoms with E-state index in [1.165, 1.54) is 5.56 Å². The molecule has 98 valence electrons. The summed E-state index contributed by atoms with van der Waals surface area (Å²) in [5.41, 5.74) is 8.12. The highest BCUT2D eigenvalue weighted by atomic mass is 15.1. The molecule has 0 bridgehead atoms. The Kier molecular flexibility index (Phi) is 4.56. The van der Waals surface area contributed by atoms with E-state index in [1.54, 1.807) is 0 Å². The van der Waals surface area contributed by atoms with Gasteiger partial charge in [-0.1, -0.05) is 48.5 Å². The lowest BCUT2D eigenvalue weighted by atomic mass is 10.1. The average molecular weight is 253 g/mol. The van der Waals surface area contributed by atoms with Crippen LogP contribution in [0.25, 0.3) is 0 Å². The molecule has 3 heteroatoms. The van der Waals surface area contributed by atoms with Crippen LogP contribution in [-0.4, -0.2) is 12.0 Å². The molecular weight excluding hydrogens is 234 g/mol. The zero-order chi connectivity index (χ0) is 13.5. The van der Waals surface area contributed by atoms with E-state index in [0.717, 1.165) is 12.1 Å². The largest absolute Gasteiger partial charge is 0.370 e. The molecule has 3 N–H and O–H groups in total. The maximum atomic E-state index is 5.90. The van der Waals surface area contributed by atoms with Gasteiger partial charge in [-0.15, -0.1) is 0 Å². The van der Waals surface area contributed by atoms with Gasteiger partial charge in [0.25, 0.3) is 0 Å². The normalized spacial score (nSPS) is 13.0. The summed E-state index contributed by atoms with van der Waals surface area (Å²) in [5, 5.41) is 3.09. The molecule has 2 rings (SSSR count). The number of aliphatic imine (C=N–C) groups is 1. The molecule has 2 aromatic carbocycles. The van der Waals surface area contributed by atoms with Crippen molar-refractivity contribution in [1.29, 1.82) is 0 Å². The summed E-state index contributed by atoms with van der Waals surface area (Å²) in [6.07, 6.45) is 0.887. The SMILES string of the molecule is CC(Cc1ccccc1)N=C(N)Nc1ccccc1. The Morgan fingerprint density at radius 2 is 1.63 bits per heavy atom. The molecule has 0 aliphatic rings. The van der Waals surface area contributed by atoms with Crippen molar-refractivity contribution in [2.45, 2.75) is 19.4 Å². The highest BCUT2D eigenvalue weighted by molar-refractivity contribution is 5.92. The van der Waals surface area contributed by atoms with E-state index in [2.05, 4.69) is 29.4 Å². The lowest BCUT2D eigenvalue weighted by Gasteiger charge is -2.10. The molecule has 0 saturated heterocycles. The van der Waals surface area contributed by atoms with E-state index in [1.807, 2.05) is 48.5 Å². The third-order valence-electron chi connectivity index (χ3n) is 2.78. The van der Waals surface area contributed by atoms with Crippen LogP contribution < -0.4 is 11.1 Å². The van der Waals surface area contributed by atoms with Gasteiger partial charge in [0.1, 0.15) is 0 Å². The van der Waals surface area contributed by atoms with E-state index in [-0.39, 0.29) is 6.04 Å². The van der Waals surface area contributed by atoms with Crippen molar-refractivity contribution < 1.29 is 0 Å². The highest BCUT2D eigenvalue weighted by Crippen LogP contribution is 2.07. The molecule has 0 aliphatic carbocycles. The van der Waals surface area contributed by atoms with Crippen LogP contribution >= 0.6 is 0 Å². The van der Waals surface area contributed by atoms with Crippen molar-refractivity contribution in [2.24, 2.45) is 10.7 Å². The maximum absolute atomic E-state index is 5.90. The van der Waals surface area contributed by atoms with Crippen molar-refractivity contribution in [2.75, 3.05) is 5.32 Å². The summed E-state index contributed by atoms with van der Waals surface area (Å²) >= 11 is 0. The molecule has 0 aromatic heterocycles. The predicted octanol–water partition coefficient (Wildman–Crippen LogP) is 3.04. The fourth-order valence-electron chi connectivity index (χ4n) is 1.94. The molecule has 0 aliphatic heterocycles. The maximum Gasteiger partial charge on any atom is 0.193 e. The summed E-state index contributed by atoms with van der Waals surface area (Å²) in [6, 6.07) is 20.3. The minimum Gasteiger partial charge on any atom is -0.370 e. The van der Waals surface area contributed by atoms with Gasteiger partial charge in [-0.3, -0.25) is 0 Å². The summed E-state index contributed by atoms with van der Waals surface area (Å²) in [7, 11) is 0. The predicted molar refractivity (Wildman–Crippen MR) is 81.3 cm³/mol. The first-order valence-electron chi connectivity index (χ1n) is 6.43. The lowest BCUT2D eigenvalue weighted by molar-refractivity contribution is 0.739. The molecule has 0 saturated carbocycles.